The summed E-state index contributed by atoms with van der Waals surface area (Å²) < 4.78 is 1.79. The van der Waals surface area contributed by atoms with Gasteiger partial charge in [0.2, 0.25) is 0 Å². The standard InChI is InChI=1S/C18H18N4/c19-16-7-9-17(10-8-16)22-12-18(20-21-22)15-6-5-13-3-1-2-4-14(13)11-15/h5-12H,1-4,19H2. The summed E-state index contributed by atoms with van der Waals surface area (Å²) >= 11 is 0. The molecular weight excluding hydrogens is 272 g/mol. The molecule has 4 heteroatoms. The molecule has 0 fully saturated rings. The van der Waals surface area contributed by atoms with Crippen molar-refractivity contribution in [3.8, 4) is 16.9 Å². The summed E-state index contributed by atoms with van der Waals surface area (Å²) in [4.78, 5) is 0. The first kappa shape index (κ1) is 13.1. The number of anilines is 1. The third-order valence-corrected chi connectivity index (χ3v) is 4.30. The molecule has 1 aromatic heterocycles. The molecule has 0 saturated heterocycles. The number of nitrogen functional groups attached to an aromatic ring is 1. The average molecular weight is 290 g/mol. The van der Waals surface area contributed by atoms with Crippen LogP contribution in [-0.4, -0.2) is 15.0 Å². The number of aryl methyl sites for hydroxylation is 2. The lowest BCUT2D eigenvalue weighted by Gasteiger charge is -2.15. The topological polar surface area (TPSA) is 56.7 Å². The first-order valence-corrected chi connectivity index (χ1v) is 7.70. The molecule has 1 aliphatic carbocycles. The molecular formula is C18H18N4. The van der Waals surface area contributed by atoms with Crippen LogP contribution in [0.2, 0.25) is 0 Å². The second kappa shape index (κ2) is 5.30. The molecule has 0 aliphatic heterocycles. The Bertz CT molecular complexity index is 802. The first-order chi connectivity index (χ1) is 10.8. The van der Waals surface area contributed by atoms with Crippen LogP contribution in [0.3, 0.4) is 0 Å². The molecule has 0 unspecified atom stereocenters. The van der Waals surface area contributed by atoms with Crippen molar-refractivity contribution in [3.63, 3.8) is 0 Å². The number of fused-ring (bicyclic) bond motifs is 1. The largest absolute Gasteiger partial charge is 0.399 e. The van der Waals surface area contributed by atoms with E-state index in [-0.39, 0.29) is 0 Å². The highest BCUT2D eigenvalue weighted by molar-refractivity contribution is 5.61. The Morgan fingerprint density at radius 1 is 0.909 bits per heavy atom. The lowest BCUT2D eigenvalue weighted by molar-refractivity contribution is 0.686. The molecule has 4 nitrogen and oxygen atoms in total. The van der Waals surface area contributed by atoms with Gasteiger partial charge in [-0.25, -0.2) is 4.68 Å². The van der Waals surface area contributed by atoms with E-state index >= 15 is 0 Å². The third-order valence-electron chi connectivity index (χ3n) is 4.30. The maximum absolute atomic E-state index is 5.72. The number of hydrogen-bond acceptors (Lipinski definition) is 3. The number of nitrogens with two attached hydrogens (primary N) is 1. The van der Waals surface area contributed by atoms with Gasteiger partial charge in [-0.2, -0.15) is 0 Å². The van der Waals surface area contributed by atoms with Gasteiger partial charge in [0.1, 0.15) is 5.69 Å². The maximum atomic E-state index is 5.72. The first-order valence-electron chi connectivity index (χ1n) is 7.70. The molecule has 1 aliphatic rings. The van der Waals surface area contributed by atoms with Crippen molar-refractivity contribution in [2.45, 2.75) is 25.7 Å². The van der Waals surface area contributed by atoms with Crippen molar-refractivity contribution in [3.05, 3.63) is 59.8 Å². The van der Waals surface area contributed by atoms with Gasteiger partial charge >= 0.3 is 0 Å². The quantitative estimate of drug-likeness (QED) is 0.736. The zero-order valence-electron chi connectivity index (χ0n) is 12.4. The number of benzene rings is 2. The molecule has 0 saturated carbocycles. The number of nitrogens with zero attached hydrogens (tertiary/aromatic N) is 3. The molecule has 0 amide bonds. The Balaban J connectivity index is 1.68. The van der Waals surface area contributed by atoms with E-state index in [4.69, 9.17) is 5.73 Å². The minimum Gasteiger partial charge on any atom is -0.399 e. The predicted molar refractivity (Wildman–Crippen MR) is 87.8 cm³/mol. The Morgan fingerprint density at radius 3 is 2.50 bits per heavy atom. The van der Waals surface area contributed by atoms with Gasteiger partial charge in [0, 0.05) is 11.3 Å². The van der Waals surface area contributed by atoms with Crippen molar-refractivity contribution >= 4 is 5.69 Å². The Labute approximate surface area is 129 Å². The van der Waals surface area contributed by atoms with E-state index in [1.807, 2.05) is 30.5 Å². The van der Waals surface area contributed by atoms with Crippen molar-refractivity contribution in [1.29, 1.82) is 0 Å². The normalized spacial score (nSPS) is 13.8. The summed E-state index contributed by atoms with van der Waals surface area (Å²) in [5, 5.41) is 8.55. The Kier molecular flexibility index (Phi) is 3.15. The van der Waals surface area contributed by atoms with Crippen LogP contribution in [0.1, 0.15) is 24.0 Å². The van der Waals surface area contributed by atoms with Gasteiger partial charge in [-0.15, -0.1) is 5.10 Å². The summed E-state index contributed by atoms with van der Waals surface area (Å²) in [5.41, 5.74) is 12.4. The average Bonchev–Trinajstić information content (AvgIpc) is 3.05. The molecule has 0 atom stereocenters. The van der Waals surface area contributed by atoms with E-state index in [9.17, 15) is 0 Å². The van der Waals surface area contributed by atoms with Crippen molar-refractivity contribution in [1.82, 2.24) is 15.0 Å². The maximum Gasteiger partial charge on any atom is 0.113 e. The van der Waals surface area contributed by atoms with Gasteiger partial charge in [-0.05, 0) is 67.1 Å². The summed E-state index contributed by atoms with van der Waals surface area (Å²) in [7, 11) is 0. The van der Waals surface area contributed by atoms with Gasteiger partial charge in [0.15, 0.2) is 0 Å². The lowest BCUT2D eigenvalue weighted by atomic mass is 9.90. The molecule has 4 rings (SSSR count). The van der Waals surface area contributed by atoms with Crippen LogP contribution in [0.15, 0.2) is 48.7 Å². The summed E-state index contributed by atoms with van der Waals surface area (Å²) in [5.74, 6) is 0. The minimum atomic E-state index is 0.749. The molecule has 0 bridgehead atoms. The number of aromatic nitrogens is 3. The van der Waals surface area contributed by atoms with E-state index in [0.29, 0.717) is 0 Å². The molecule has 3 aromatic rings. The fourth-order valence-corrected chi connectivity index (χ4v) is 3.04. The van der Waals surface area contributed by atoms with Crippen LogP contribution in [0, 0.1) is 0 Å². The third kappa shape index (κ3) is 2.37. The van der Waals surface area contributed by atoms with E-state index < -0.39 is 0 Å². The van der Waals surface area contributed by atoms with Crippen molar-refractivity contribution in [2.24, 2.45) is 0 Å². The summed E-state index contributed by atoms with van der Waals surface area (Å²) in [6.45, 7) is 0. The minimum absolute atomic E-state index is 0.749. The van der Waals surface area contributed by atoms with E-state index in [2.05, 4.69) is 28.5 Å². The monoisotopic (exact) mass is 290 g/mol. The van der Waals surface area contributed by atoms with E-state index in [1.54, 1.807) is 4.68 Å². The second-order valence-electron chi connectivity index (χ2n) is 5.83. The van der Waals surface area contributed by atoms with Crippen LogP contribution < -0.4 is 5.73 Å². The fourth-order valence-electron chi connectivity index (χ4n) is 3.04. The van der Waals surface area contributed by atoms with E-state index in [0.717, 1.165) is 22.6 Å². The highest BCUT2D eigenvalue weighted by atomic mass is 15.4. The molecule has 0 spiro atoms. The van der Waals surface area contributed by atoms with Gasteiger partial charge in [-0.3, -0.25) is 0 Å². The van der Waals surface area contributed by atoms with Gasteiger partial charge < -0.3 is 5.73 Å². The zero-order valence-corrected chi connectivity index (χ0v) is 12.4. The van der Waals surface area contributed by atoms with Gasteiger partial charge in [0.25, 0.3) is 0 Å². The second-order valence-corrected chi connectivity index (χ2v) is 5.83. The van der Waals surface area contributed by atoms with Crippen molar-refractivity contribution < 1.29 is 0 Å². The van der Waals surface area contributed by atoms with Crippen LogP contribution >= 0.6 is 0 Å². The van der Waals surface area contributed by atoms with Crippen molar-refractivity contribution in [2.75, 3.05) is 5.73 Å². The fraction of sp³-hybridized carbons (Fsp3) is 0.222. The molecule has 22 heavy (non-hydrogen) atoms. The summed E-state index contributed by atoms with van der Waals surface area (Å²) in [6, 6.07) is 14.3. The molecule has 1 heterocycles. The Morgan fingerprint density at radius 2 is 1.68 bits per heavy atom. The van der Waals surface area contributed by atoms with E-state index in [1.165, 1.54) is 36.8 Å². The smallest absolute Gasteiger partial charge is 0.113 e. The highest BCUT2D eigenvalue weighted by Crippen LogP contribution is 2.26. The van der Waals surface area contributed by atoms with Gasteiger partial charge in [-0.1, -0.05) is 17.3 Å². The highest BCUT2D eigenvalue weighted by Gasteiger charge is 2.12. The molecule has 2 N–H and O–H groups in total. The molecule has 2 aromatic carbocycles. The van der Waals surface area contributed by atoms with Crippen LogP contribution in [-0.2, 0) is 12.8 Å². The lowest BCUT2D eigenvalue weighted by Crippen LogP contribution is -2.02. The number of rotatable bonds is 2. The molecule has 0 radical (unpaired) electrons. The zero-order chi connectivity index (χ0) is 14.9. The van der Waals surface area contributed by atoms with Crippen LogP contribution in [0.4, 0.5) is 5.69 Å². The summed E-state index contributed by atoms with van der Waals surface area (Å²) in [6.07, 6.45) is 6.94. The van der Waals surface area contributed by atoms with Crippen LogP contribution in [0.25, 0.3) is 16.9 Å². The van der Waals surface area contributed by atoms with Crippen LogP contribution in [0.5, 0.6) is 0 Å². The predicted octanol–water partition coefficient (Wildman–Crippen LogP) is 3.40. The molecule has 110 valence electrons. The SMILES string of the molecule is Nc1ccc(-n2cc(-c3ccc4c(c3)CCCC4)nn2)cc1. The van der Waals surface area contributed by atoms with Gasteiger partial charge in [0.05, 0.1) is 11.9 Å². The number of hydrogen-bond donors (Lipinski definition) is 1. The Hall–Kier alpha value is -2.62.